The first-order valence-corrected chi connectivity index (χ1v) is 6.35. The van der Waals surface area contributed by atoms with Crippen molar-refractivity contribution in [2.45, 2.75) is 32.9 Å². The summed E-state index contributed by atoms with van der Waals surface area (Å²) in [5.74, 6) is 5.78. The van der Waals surface area contributed by atoms with Crippen molar-refractivity contribution in [3.8, 4) is 0 Å². The van der Waals surface area contributed by atoms with Crippen LogP contribution in [0.15, 0.2) is 11.9 Å². The van der Waals surface area contributed by atoms with Crippen LogP contribution in [-0.2, 0) is 6.16 Å². The highest BCUT2D eigenvalue weighted by molar-refractivity contribution is 7.47. The maximum absolute atomic E-state index is 9.75. The lowest BCUT2D eigenvalue weighted by Gasteiger charge is -1.94. The molecule has 0 aromatic carbocycles. The van der Waals surface area contributed by atoms with E-state index < -0.39 is 7.25 Å². The Labute approximate surface area is 88.9 Å². The fraction of sp³-hybridized carbons (Fsp3) is 0.556. The van der Waals surface area contributed by atoms with Crippen LogP contribution in [0.3, 0.4) is 0 Å². The van der Waals surface area contributed by atoms with Crippen molar-refractivity contribution in [2.24, 2.45) is 0 Å². The summed E-state index contributed by atoms with van der Waals surface area (Å²) < 4.78 is 39.0. The van der Waals surface area contributed by atoms with Crippen molar-refractivity contribution in [2.75, 3.05) is 0 Å². The molecule has 87 valence electrons. The number of hydrogen-bond acceptors (Lipinski definition) is 0. The van der Waals surface area contributed by atoms with E-state index in [9.17, 15) is 17.3 Å². The van der Waals surface area contributed by atoms with Crippen LogP contribution in [0.4, 0.5) is 17.3 Å². The molecule has 0 bridgehead atoms. The third kappa shape index (κ3) is 11.5. The minimum Gasteiger partial charge on any atom is -0.418 e. The Morgan fingerprint density at radius 1 is 1.33 bits per heavy atom. The molecule has 0 fully saturated rings. The minimum atomic E-state index is -6.00. The van der Waals surface area contributed by atoms with Gasteiger partial charge in [-0.3, -0.25) is 0 Å². The fourth-order valence-electron chi connectivity index (χ4n) is 0.962. The zero-order chi connectivity index (χ0) is 11.9. The topological polar surface area (TPSA) is 0 Å². The molecule has 1 aromatic heterocycles. The van der Waals surface area contributed by atoms with Crippen LogP contribution < -0.4 is 0 Å². The van der Waals surface area contributed by atoms with Gasteiger partial charge in [0, 0.05) is 5.80 Å². The van der Waals surface area contributed by atoms with Crippen LogP contribution in [0.5, 0.6) is 0 Å². The van der Waals surface area contributed by atoms with Gasteiger partial charge >= 0.3 is 7.25 Å². The fourth-order valence-corrected chi connectivity index (χ4v) is 2.89. The lowest BCUT2D eigenvalue weighted by molar-refractivity contribution is 0.368. The molecule has 0 aliphatic carbocycles. The molecular weight excluding hydrogens is 226 g/mol. The summed E-state index contributed by atoms with van der Waals surface area (Å²) in [6, 6.07) is 2.20. The highest BCUT2D eigenvalue weighted by Gasteiger charge is 2.20. The van der Waals surface area contributed by atoms with Gasteiger partial charge in [-0.1, -0.05) is 19.4 Å². The summed E-state index contributed by atoms with van der Waals surface area (Å²) in [7, 11) is -5.96. The first-order chi connectivity index (χ1) is 6.83. The Kier molecular flexibility index (Phi) is 6.74. The molecule has 1 radical (unpaired) electrons. The lowest BCUT2D eigenvalue weighted by Crippen LogP contribution is -2.02. The highest BCUT2D eigenvalue weighted by atomic mass is 31.1. The monoisotopic (exact) mass is 240 g/mol. The quantitative estimate of drug-likeness (QED) is 0.521. The van der Waals surface area contributed by atoms with Gasteiger partial charge in [0.05, 0.1) is 0 Å². The van der Waals surface area contributed by atoms with Gasteiger partial charge in [-0.15, -0.1) is 7.53 Å². The highest BCUT2D eigenvalue weighted by Crippen LogP contribution is 2.30. The normalized spacial score (nSPS) is 12.0. The molecule has 0 N–H and O–H groups in total. The molecule has 0 amide bonds. The molecule has 6 heteroatoms. The van der Waals surface area contributed by atoms with Crippen molar-refractivity contribution in [1.82, 2.24) is 0 Å². The zero-order valence-corrected chi connectivity index (χ0v) is 9.71. The molecule has 0 nitrogen and oxygen atoms in total. The second kappa shape index (κ2) is 6.94. The molecule has 0 saturated heterocycles. The van der Waals surface area contributed by atoms with E-state index in [2.05, 4.69) is 31.5 Å². The van der Waals surface area contributed by atoms with Crippen molar-refractivity contribution < 1.29 is 17.3 Å². The van der Waals surface area contributed by atoms with Gasteiger partial charge in [-0.2, -0.15) is 0 Å². The largest absolute Gasteiger partial charge is 0.673 e. The van der Waals surface area contributed by atoms with Crippen LogP contribution in [0, 0.1) is 12.7 Å². The smallest absolute Gasteiger partial charge is 0.418 e. The van der Waals surface area contributed by atoms with Gasteiger partial charge in [0.25, 0.3) is 0 Å². The van der Waals surface area contributed by atoms with E-state index >= 15 is 0 Å². The van der Waals surface area contributed by atoms with E-state index in [0.717, 1.165) is 0 Å². The average Bonchev–Trinajstić information content (AvgIpc) is 2.45. The molecule has 1 aromatic rings. The van der Waals surface area contributed by atoms with E-state index in [4.69, 9.17) is 0 Å². The molecule has 1 atom stereocenters. The van der Waals surface area contributed by atoms with Crippen LogP contribution in [0.25, 0.3) is 0 Å². The summed E-state index contributed by atoms with van der Waals surface area (Å²) in [4.78, 5) is 0. The predicted octanol–water partition coefficient (Wildman–Crippen LogP) is 4.88. The number of aryl methyl sites for hydroxylation is 2. The van der Waals surface area contributed by atoms with Gasteiger partial charge in [-0.25, -0.2) is 0 Å². The second-order valence-electron chi connectivity index (χ2n) is 3.15. The average molecular weight is 240 g/mol. The summed E-state index contributed by atoms with van der Waals surface area (Å²) >= 11 is 0. The summed E-state index contributed by atoms with van der Waals surface area (Å²) in [5.41, 5.74) is 1.34. The van der Waals surface area contributed by atoms with E-state index in [1.807, 2.05) is 0 Å². The Hall–Kier alpha value is -0.435. The molecule has 0 aliphatic rings. The molecule has 0 spiro atoms. The van der Waals surface area contributed by atoms with Crippen molar-refractivity contribution >= 4 is 14.8 Å². The predicted molar refractivity (Wildman–Crippen MR) is 57.8 cm³/mol. The molecule has 1 heterocycles. The van der Waals surface area contributed by atoms with E-state index in [0.29, 0.717) is 0 Å². The third-order valence-electron chi connectivity index (χ3n) is 1.58. The molecule has 0 saturated carbocycles. The van der Waals surface area contributed by atoms with E-state index in [-0.39, 0.29) is 7.53 Å². The SMILES string of the molecule is CCCCp1[c]c(C)cc1.F[B-](F)(F)F. The van der Waals surface area contributed by atoms with Gasteiger partial charge < -0.3 is 17.3 Å². The number of hydrogen-bond donors (Lipinski definition) is 0. The second-order valence-corrected chi connectivity index (χ2v) is 5.06. The van der Waals surface area contributed by atoms with E-state index in [1.54, 1.807) is 0 Å². The third-order valence-corrected chi connectivity index (χ3v) is 3.52. The van der Waals surface area contributed by atoms with Crippen LogP contribution in [-0.4, -0.2) is 7.25 Å². The Morgan fingerprint density at radius 2 is 1.87 bits per heavy atom. The van der Waals surface area contributed by atoms with Crippen molar-refractivity contribution in [3.05, 3.63) is 23.2 Å². The molecular formula is C9H14BF4P-. The van der Waals surface area contributed by atoms with Crippen molar-refractivity contribution in [1.29, 1.82) is 0 Å². The Bertz CT molecular complexity index is 263. The van der Waals surface area contributed by atoms with Crippen LogP contribution in [0.1, 0.15) is 25.3 Å². The number of halogens is 4. The lowest BCUT2D eigenvalue weighted by atomic mass is 10.3. The Balaban J connectivity index is 0.000000336. The minimum absolute atomic E-state index is 0.0421. The van der Waals surface area contributed by atoms with Gasteiger partial charge in [0.2, 0.25) is 0 Å². The standard InChI is InChI=1S/C9H14P.BF4/c1-3-4-6-10-7-5-9(2)8-10;2-1(3,4)5/h5,7H,3-4,6H2,1-2H3;/q;-1. The van der Waals surface area contributed by atoms with Gasteiger partial charge in [-0.05, 0) is 30.9 Å². The summed E-state index contributed by atoms with van der Waals surface area (Å²) in [6.07, 6.45) is 4.02. The molecule has 0 aliphatic heterocycles. The zero-order valence-electron chi connectivity index (χ0n) is 8.81. The molecule has 1 unspecified atom stereocenters. The van der Waals surface area contributed by atoms with Crippen LogP contribution >= 0.6 is 7.53 Å². The molecule has 15 heavy (non-hydrogen) atoms. The molecule has 1 rings (SSSR count). The number of rotatable bonds is 3. The van der Waals surface area contributed by atoms with Gasteiger partial charge in [0.1, 0.15) is 0 Å². The summed E-state index contributed by atoms with van der Waals surface area (Å²) in [6.45, 7) is 4.37. The Morgan fingerprint density at radius 3 is 2.20 bits per heavy atom. The maximum atomic E-state index is 9.75. The maximum Gasteiger partial charge on any atom is 0.673 e. The van der Waals surface area contributed by atoms with Gasteiger partial charge in [0.15, 0.2) is 0 Å². The van der Waals surface area contributed by atoms with E-state index in [1.165, 1.54) is 24.6 Å². The first-order valence-electron chi connectivity index (χ1n) is 4.75. The van der Waals surface area contributed by atoms with Crippen LogP contribution in [0.2, 0.25) is 0 Å². The number of unbranched alkanes of at least 4 members (excludes halogenated alkanes) is 1. The van der Waals surface area contributed by atoms with Crippen molar-refractivity contribution in [3.63, 3.8) is 0 Å². The summed E-state index contributed by atoms with van der Waals surface area (Å²) in [5, 5.41) is 0. The first kappa shape index (κ1) is 14.6.